The van der Waals surface area contributed by atoms with Crippen LogP contribution in [0.2, 0.25) is 0 Å². The van der Waals surface area contributed by atoms with Gasteiger partial charge in [0.2, 0.25) is 11.8 Å². The summed E-state index contributed by atoms with van der Waals surface area (Å²) >= 11 is 0. The van der Waals surface area contributed by atoms with E-state index in [2.05, 4.69) is 10.6 Å². The highest BCUT2D eigenvalue weighted by Crippen LogP contribution is 2.33. The van der Waals surface area contributed by atoms with Gasteiger partial charge in [0.15, 0.2) is 0 Å². The molecule has 174 valence electrons. The Hall–Kier alpha value is -2.61. The molecule has 2 aliphatic heterocycles. The third kappa shape index (κ3) is 5.41. The number of nitrogens with one attached hydrogen (secondary N) is 2. The van der Waals surface area contributed by atoms with E-state index in [0.717, 1.165) is 25.8 Å². The van der Waals surface area contributed by atoms with Crippen molar-refractivity contribution in [2.24, 2.45) is 5.92 Å². The summed E-state index contributed by atoms with van der Waals surface area (Å²) in [4.78, 5) is 39.1. The predicted octanol–water partition coefficient (Wildman–Crippen LogP) is 2.72. The highest BCUT2D eigenvalue weighted by Gasteiger charge is 2.39. The maximum absolute atomic E-state index is 13.2. The quantitative estimate of drug-likeness (QED) is 0.675. The summed E-state index contributed by atoms with van der Waals surface area (Å²) in [5, 5.41) is 5.84. The molecule has 3 aliphatic rings. The van der Waals surface area contributed by atoms with E-state index < -0.39 is 0 Å². The number of amides is 3. The number of carbonyl (C=O) groups is 3. The van der Waals surface area contributed by atoms with Crippen molar-refractivity contribution in [1.82, 2.24) is 10.2 Å². The van der Waals surface area contributed by atoms with Gasteiger partial charge in [-0.15, -0.1) is 0 Å². The van der Waals surface area contributed by atoms with Crippen molar-refractivity contribution in [3.8, 4) is 5.75 Å². The monoisotopic (exact) mass is 443 g/mol. The molecule has 0 radical (unpaired) electrons. The molecule has 1 saturated heterocycles. The third-order valence-electron chi connectivity index (χ3n) is 6.47. The SMILES string of the molecule is CCCC(=O)Nc1ccc2c(c1)C(=O)N(C)[C@@H]1CC[C@H](CC(=O)NCC3CC3)O[C@@H]1CO2. The highest BCUT2D eigenvalue weighted by molar-refractivity contribution is 5.99. The fraction of sp³-hybridized carbons (Fsp3) is 0.625. The van der Waals surface area contributed by atoms with Crippen molar-refractivity contribution in [2.45, 2.75) is 70.1 Å². The molecule has 0 bridgehead atoms. The molecule has 8 heteroatoms. The van der Waals surface area contributed by atoms with Crippen LogP contribution in [-0.2, 0) is 14.3 Å². The lowest BCUT2D eigenvalue weighted by Crippen LogP contribution is -2.54. The highest BCUT2D eigenvalue weighted by atomic mass is 16.5. The number of hydrogen-bond acceptors (Lipinski definition) is 5. The lowest BCUT2D eigenvalue weighted by atomic mass is 9.94. The minimum atomic E-state index is -0.295. The molecule has 32 heavy (non-hydrogen) atoms. The van der Waals surface area contributed by atoms with Crippen LogP contribution in [0.25, 0.3) is 0 Å². The van der Waals surface area contributed by atoms with Crippen molar-refractivity contribution >= 4 is 23.4 Å². The third-order valence-corrected chi connectivity index (χ3v) is 6.47. The van der Waals surface area contributed by atoms with Gasteiger partial charge in [-0.25, -0.2) is 0 Å². The first kappa shape index (κ1) is 22.6. The number of hydrogen-bond donors (Lipinski definition) is 2. The number of anilines is 1. The van der Waals surface area contributed by atoms with Gasteiger partial charge in [0.25, 0.3) is 5.91 Å². The molecule has 1 saturated carbocycles. The van der Waals surface area contributed by atoms with E-state index in [9.17, 15) is 14.4 Å². The minimum absolute atomic E-state index is 0.0274. The van der Waals surface area contributed by atoms with Crippen molar-refractivity contribution in [3.63, 3.8) is 0 Å². The van der Waals surface area contributed by atoms with Crippen molar-refractivity contribution in [1.29, 1.82) is 0 Å². The van der Waals surface area contributed by atoms with Crippen LogP contribution in [0.1, 0.15) is 62.2 Å². The Labute approximate surface area is 189 Å². The number of carbonyl (C=O) groups excluding carboxylic acids is 3. The number of rotatable bonds is 7. The van der Waals surface area contributed by atoms with Crippen molar-refractivity contribution < 1.29 is 23.9 Å². The van der Waals surface area contributed by atoms with Crippen LogP contribution < -0.4 is 15.4 Å². The fourth-order valence-corrected chi connectivity index (χ4v) is 4.41. The Morgan fingerprint density at radius 2 is 1.97 bits per heavy atom. The Morgan fingerprint density at radius 1 is 1.16 bits per heavy atom. The van der Waals surface area contributed by atoms with Gasteiger partial charge in [-0.2, -0.15) is 0 Å². The Morgan fingerprint density at radius 3 is 2.72 bits per heavy atom. The number of nitrogens with zero attached hydrogens (tertiary/aromatic N) is 1. The summed E-state index contributed by atoms with van der Waals surface area (Å²) in [7, 11) is 1.78. The van der Waals surface area contributed by atoms with E-state index in [1.807, 2.05) is 6.92 Å². The second-order valence-corrected chi connectivity index (χ2v) is 9.13. The molecule has 3 atom stereocenters. The summed E-state index contributed by atoms with van der Waals surface area (Å²) in [6.07, 6.45) is 4.94. The van der Waals surface area contributed by atoms with Crippen LogP contribution in [0.5, 0.6) is 5.75 Å². The maximum atomic E-state index is 13.2. The van der Waals surface area contributed by atoms with Gasteiger partial charge in [-0.3, -0.25) is 14.4 Å². The van der Waals surface area contributed by atoms with E-state index in [4.69, 9.17) is 9.47 Å². The van der Waals surface area contributed by atoms with Crippen LogP contribution >= 0.6 is 0 Å². The fourth-order valence-electron chi connectivity index (χ4n) is 4.41. The molecule has 4 rings (SSSR count). The second-order valence-electron chi connectivity index (χ2n) is 9.13. The molecule has 1 aromatic rings. The zero-order chi connectivity index (χ0) is 22.7. The smallest absolute Gasteiger partial charge is 0.257 e. The van der Waals surface area contributed by atoms with Gasteiger partial charge >= 0.3 is 0 Å². The summed E-state index contributed by atoms with van der Waals surface area (Å²) in [5.41, 5.74) is 1.02. The Balaban J connectivity index is 1.41. The number of ether oxygens (including phenoxy) is 2. The molecular weight excluding hydrogens is 410 g/mol. The molecule has 1 aromatic carbocycles. The summed E-state index contributed by atoms with van der Waals surface area (Å²) in [6.45, 7) is 3.01. The minimum Gasteiger partial charge on any atom is -0.490 e. The van der Waals surface area contributed by atoms with Crippen molar-refractivity contribution in [2.75, 3.05) is 25.5 Å². The van der Waals surface area contributed by atoms with Gasteiger partial charge in [0, 0.05) is 25.7 Å². The lowest BCUT2D eigenvalue weighted by molar-refractivity contribution is -0.134. The van der Waals surface area contributed by atoms with Crippen LogP contribution in [0.15, 0.2) is 18.2 Å². The van der Waals surface area contributed by atoms with Crippen LogP contribution in [0.3, 0.4) is 0 Å². The standard InChI is InChI=1S/C24H33N3O5/c1-3-4-22(28)26-16-7-10-20-18(11-16)24(30)27(2)19-9-8-17(32-21(19)14-31-20)12-23(29)25-13-15-5-6-15/h7,10-11,15,17,19,21H,3-6,8-9,12-14H2,1-2H3,(H,25,29)(H,26,28)/t17-,19-,21-/m1/s1. The number of fused-ring (bicyclic) bond motifs is 2. The van der Waals surface area contributed by atoms with Gasteiger partial charge in [-0.1, -0.05) is 6.92 Å². The molecule has 0 spiro atoms. The van der Waals surface area contributed by atoms with E-state index in [-0.39, 0.29) is 36.0 Å². The van der Waals surface area contributed by atoms with Crippen LogP contribution in [0, 0.1) is 5.92 Å². The molecule has 2 heterocycles. The summed E-state index contributed by atoms with van der Waals surface area (Å²) in [6, 6.07) is 5.01. The summed E-state index contributed by atoms with van der Waals surface area (Å²) in [5.74, 6) is 0.912. The largest absolute Gasteiger partial charge is 0.490 e. The normalized spacial score (nSPS) is 25.0. The molecule has 1 aliphatic carbocycles. The van der Waals surface area contributed by atoms with Gasteiger partial charge in [0.05, 0.1) is 24.1 Å². The first-order valence-electron chi connectivity index (χ1n) is 11.7. The first-order chi connectivity index (χ1) is 15.4. The number of benzene rings is 1. The molecular formula is C24H33N3O5. The van der Waals surface area contributed by atoms with Gasteiger partial charge in [-0.05, 0) is 56.2 Å². The molecule has 2 fully saturated rings. The molecule has 3 amide bonds. The van der Waals surface area contributed by atoms with Crippen molar-refractivity contribution in [3.05, 3.63) is 23.8 Å². The average Bonchev–Trinajstić information content (AvgIpc) is 3.60. The Bertz CT molecular complexity index is 869. The van der Waals surface area contributed by atoms with E-state index >= 15 is 0 Å². The second kappa shape index (κ2) is 9.90. The average molecular weight is 444 g/mol. The zero-order valence-electron chi connectivity index (χ0n) is 18.9. The van der Waals surface area contributed by atoms with Gasteiger partial charge < -0.3 is 25.0 Å². The predicted molar refractivity (Wildman–Crippen MR) is 120 cm³/mol. The van der Waals surface area contributed by atoms with Crippen LogP contribution in [0.4, 0.5) is 5.69 Å². The van der Waals surface area contributed by atoms with E-state index in [1.165, 1.54) is 12.8 Å². The van der Waals surface area contributed by atoms with E-state index in [1.54, 1.807) is 30.1 Å². The molecule has 8 nitrogen and oxygen atoms in total. The van der Waals surface area contributed by atoms with Crippen LogP contribution in [-0.4, -0.2) is 61.1 Å². The van der Waals surface area contributed by atoms with Gasteiger partial charge in [0.1, 0.15) is 18.5 Å². The Kier molecular flexibility index (Phi) is 6.98. The maximum Gasteiger partial charge on any atom is 0.257 e. The summed E-state index contributed by atoms with van der Waals surface area (Å²) < 4.78 is 12.2. The topological polar surface area (TPSA) is 97.0 Å². The first-order valence-corrected chi connectivity index (χ1v) is 11.7. The molecule has 0 aromatic heterocycles. The molecule has 0 unspecified atom stereocenters. The number of likely N-dealkylation sites (N-methyl/N-ethyl adjacent to an activating group) is 1. The molecule has 2 N–H and O–H groups in total. The van der Waals surface area contributed by atoms with E-state index in [0.29, 0.717) is 42.4 Å². The zero-order valence-corrected chi connectivity index (χ0v) is 18.9. The lowest BCUT2D eigenvalue weighted by Gasteiger charge is -2.42.